The van der Waals surface area contributed by atoms with E-state index in [0.717, 1.165) is 24.0 Å². The van der Waals surface area contributed by atoms with Gasteiger partial charge in [0.1, 0.15) is 0 Å². The maximum Gasteiger partial charge on any atom is 0.261 e. The summed E-state index contributed by atoms with van der Waals surface area (Å²) in [4.78, 5) is 41.2. The number of amides is 3. The van der Waals surface area contributed by atoms with Gasteiger partial charge in [-0.2, -0.15) is 0 Å². The SMILES string of the molecule is O=C(CCCCCN1C(=O)c2ccccc2C1=O)N(Cc1ccccc1)Cc1ccccc1. The molecule has 3 aromatic carbocycles. The predicted octanol–water partition coefficient (Wildman–Crippen LogP) is 5.07. The van der Waals surface area contributed by atoms with E-state index in [-0.39, 0.29) is 17.7 Å². The largest absolute Gasteiger partial charge is 0.334 e. The first-order chi connectivity index (χ1) is 16.1. The molecule has 168 valence electrons. The summed E-state index contributed by atoms with van der Waals surface area (Å²) >= 11 is 0. The topological polar surface area (TPSA) is 57.7 Å². The standard InChI is InChI=1S/C28H28N2O3/c31-26(29(20-22-12-4-1-5-13-22)21-23-14-6-2-7-15-23)18-8-3-11-19-30-27(32)24-16-9-10-17-25(24)28(30)33/h1-2,4-7,9-10,12-17H,3,8,11,18-21H2. The Balaban J connectivity index is 1.28. The van der Waals surface area contributed by atoms with E-state index in [0.29, 0.717) is 43.6 Å². The smallest absolute Gasteiger partial charge is 0.261 e. The van der Waals surface area contributed by atoms with Gasteiger partial charge in [0.2, 0.25) is 5.91 Å². The Morgan fingerprint density at radius 2 is 1.12 bits per heavy atom. The second-order valence-electron chi connectivity index (χ2n) is 8.34. The molecule has 0 aromatic heterocycles. The van der Waals surface area contributed by atoms with Crippen molar-refractivity contribution in [3.63, 3.8) is 0 Å². The third-order valence-electron chi connectivity index (χ3n) is 5.94. The lowest BCUT2D eigenvalue weighted by atomic mass is 10.1. The summed E-state index contributed by atoms with van der Waals surface area (Å²) in [6.07, 6.45) is 2.64. The Kier molecular flexibility index (Phi) is 7.30. The molecule has 0 aliphatic carbocycles. The van der Waals surface area contributed by atoms with Crippen molar-refractivity contribution < 1.29 is 14.4 Å². The van der Waals surface area contributed by atoms with E-state index in [4.69, 9.17) is 0 Å². The van der Waals surface area contributed by atoms with Crippen LogP contribution in [0.25, 0.3) is 0 Å². The number of unbranched alkanes of at least 4 members (excludes halogenated alkanes) is 2. The highest BCUT2D eigenvalue weighted by atomic mass is 16.2. The first-order valence-electron chi connectivity index (χ1n) is 11.4. The van der Waals surface area contributed by atoms with Gasteiger partial charge in [0, 0.05) is 26.1 Å². The number of hydrogen-bond donors (Lipinski definition) is 0. The summed E-state index contributed by atoms with van der Waals surface area (Å²) < 4.78 is 0. The van der Waals surface area contributed by atoms with Crippen molar-refractivity contribution in [2.75, 3.05) is 6.54 Å². The molecule has 5 heteroatoms. The number of fused-ring (bicyclic) bond motifs is 1. The minimum absolute atomic E-state index is 0.114. The Morgan fingerprint density at radius 3 is 1.64 bits per heavy atom. The number of nitrogens with zero attached hydrogens (tertiary/aromatic N) is 2. The van der Waals surface area contributed by atoms with E-state index in [2.05, 4.69) is 0 Å². The van der Waals surface area contributed by atoms with Crippen LogP contribution in [0, 0.1) is 0 Å². The lowest BCUT2D eigenvalue weighted by Gasteiger charge is -2.23. The molecule has 0 unspecified atom stereocenters. The summed E-state index contributed by atoms with van der Waals surface area (Å²) in [5, 5.41) is 0. The second kappa shape index (κ2) is 10.7. The van der Waals surface area contributed by atoms with Gasteiger partial charge in [-0.05, 0) is 36.1 Å². The molecule has 0 bridgehead atoms. The van der Waals surface area contributed by atoms with Gasteiger partial charge in [-0.1, -0.05) is 79.2 Å². The van der Waals surface area contributed by atoms with E-state index in [1.807, 2.05) is 65.6 Å². The number of carbonyl (C=O) groups is 3. The number of benzene rings is 3. The van der Waals surface area contributed by atoms with Crippen LogP contribution >= 0.6 is 0 Å². The monoisotopic (exact) mass is 440 g/mol. The molecule has 0 radical (unpaired) electrons. The predicted molar refractivity (Wildman–Crippen MR) is 127 cm³/mol. The summed E-state index contributed by atoms with van der Waals surface area (Å²) in [6, 6.07) is 27.0. The zero-order valence-corrected chi connectivity index (χ0v) is 18.7. The van der Waals surface area contributed by atoms with Crippen LogP contribution in [0.4, 0.5) is 0 Å². The van der Waals surface area contributed by atoms with E-state index in [1.54, 1.807) is 24.3 Å². The van der Waals surface area contributed by atoms with Crippen molar-refractivity contribution in [3.05, 3.63) is 107 Å². The molecule has 0 saturated heterocycles. The molecule has 0 atom stereocenters. The number of carbonyl (C=O) groups excluding carboxylic acids is 3. The van der Waals surface area contributed by atoms with Crippen molar-refractivity contribution in [2.45, 2.75) is 38.8 Å². The molecule has 1 aliphatic rings. The lowest BCUT2D eigenvalue weighted by molar-refractivity contribution is -0.132. The first-order valence-corrected chi connectivity index (χ1v) is 11.4. The van der Waals surface area contributed by atoms with Crippen molar-refractivity contribution in [3.8, 4) is 0 Å². The molecule has 5 nitrogen and oxygen atoms in total. The maximum atomic E-state index is 13.0. The molecule has 1 heterocycles. The molecular weight excluding hydrogens is 412 g/mol. The van der Waals surface area contributed by atoms with Gasteiger partial charge in [-0.25, -0.2) is 0 Å². The van der Waals surface area contributed by atoms with Crippen LogP contribution in [-0.4, -0.2) is 34.1 Å². The van der Waals surface area contributed by atoms with Gasteiger partial charge >= 0.3 is 0 Å². The van der Waals surface area contributed by atoms with E-state index in [9.17, 15) is 14.4 Å². The average Bonchev–Trinajstić information content (AvgIpc) is 3.09. The lowest BCUT2D eigenvalue weighted by Crippen LogP contribution is -2.31. The fourth-order valence-electron chi connectivity index (χ4n) is 4.16. The fraction of sp³-hybridized carbons (Fsp3) is 0.250. The number of hydrogen-bond acceptors (Lipinski definition) is 3. The Morgan fingerprint density at radius 1 is 0.636 bits per heavy atom. The van der Waals surface area contributed by atoms with Crippen LogP contribution in [0.5, 0.6) is 0 Å². The normalized spacial score (nSPS) is 12.7. The summed E-state index contributed by atoms with van der Waals surface area (Å²) in [5.74, 6) is -0.324. The van der Waals surface area contributed by atoms with Gasteiger partial charge in [0.05, 0.1) is 11.1 Å². The molecule has 0 spiro atoms. The molecule has 1 aliphatic heterocycles. The fourth-order valence-corrected chi connectivity index (χ4v) is 4.16. The minimum Gasteiger partial charge on any atom is -0.334 e. The zero-order valence-electron chi connectivity index (χ0n) is 18.7. The Bertz CT molecular complexity index is 1040. The highest BCUT2D eigenvalue weighted by molar-refractivity contribution is 6.21. The van der Waals surface area contributed by atoms with Crippen molar-refractivity contribution in [1.82, 2.24) is 9.80 Å². The number of imide groups is 1. The summed E-state index contributed by atoms with van der Waals surface area (Å²) in [7, 11) is 0. The molecule has 3 aromatic rings. The maximum absolute atomic E-state index is 13.0. The van der Waals surface area contributed by atoms with Crippen LogP contribution in [0.2, 0.25) is 0 Å². The Labute approximate surface area is 194 Å². The van der Waals surface area contributed by atoms with E-state index < -0.39 is 0 Å². The van der Waals surface area contributed by atoms with Gasteiger partial charge in [-0.3, -0.25) is 19.3 Å². The van der Waals surface area contributed by atoms with Crippen molar-refractivity contribution in [1.29, 1.82) is 0 Å². The van der Waals surface area contributed by atoms with Gasteiger partial charge < -0.3 is 4.90 Å². The third kappa shape index (κ3) is 5.55. The van der Waals surface area contributed by atoms with Crippen LogP contribution in [0.15, 0.2) is 84.9 Å². The molecule has 0 saturated carbocycles. The second-order valence-corrected chi connectivity index (χ2v) is 8.34. The van der Waals surface area contributed by atoms with Crippen LogP contribution < -0.4 is 0 Å². The summed E-state index contributed by atoms with van der Waals surface area (Å²) in [6.45, 7) is 1.53. The Hall–Kier alpha value is -3.73. The minimum atomic E-state index is -0.219. The quantitative estimate of drug-likeness (QED) is 0.327. The van der Waals surface area contributed by atoms with Crippen molar-refractivity contribution >= 4 is 17.7 Å². The zero-order chi connectivity index (χ0) is 23.0. The first kappa shape index (κ1) is 22.5. The molecular formula is C28H28N2O3. The van der Waals surface area contributed by atoms with Crippen LogP contribution in [0.1, 0.15) is 57.5 Å². The van der Waals surface area contributed by atoms with Gasteiger partial charge in [0.15, 0.2) is 0 Å². The van der Waals surface area contributed by atoms with Crippen molar-refractivity contribution in [2.24, 2.45) is 0 Å². The average molecular weight is 441 g/mol. The third-order valence-corrected chi connectivity index (χ3v) is 5.94. The summed E-state index contributed by atoms with van der Waals surface area (Å²) in [5.41, 5.74) is 3.17. The highest BCUT2D eigenvalue weighted by Crippen LogP contribution is 2.23. The molecule has 33 heavy (non-hydrogen) atoms. The van der Waals surface area contributed by atoms with E-state index in [1.165, 1.54) is 4.90 Å². The van der Waals surface area contributed by atoms with Gasteiger partial charge in [-0.15, -0.1) is 0 Å². The highest BCUT2D eigenvalue weighted by Gasteiger charge is 2.34. The molecule has 3 amide bonds. The van der Waals surface area contributed by atoms with E-state index >= 15 is 0 Å². The van der Waals surface area contributed by atoms with Crippen LogP contribution in [0.3, 0.4) is 0 Å². The molecule has 0 fully saturated rings. The molecule has 0 N–H and O–H groups in total. The molecule has 4 rings (SSSR count). The van der Waals surface area contributed by atoms with Crippen LogP contribution in [-0.2, 0) is 17.9 Å². The number of rotatable bonds is 10. The van der Waals surface area contributed by atoms with Gasteiger partial charge in [0.25, 0.3) is 11.8 Å².